The minimum Gasteiger partial charge on any atom is -0.280 e. The Morgan fingerprint density at radius 2 is 1.55 bits per heavy atom. The Morgan fingerprint density at radius 1 is 0.955 bits per heavy atom. The number of benzene rings is 1. The van der Waals surface area contributed by atoms with Crippen molar-refractivity contribution in [1.82, 2.24) is 15.2 Å². The number of nitrogens with one attached hydrogen (secondary N) is 1. The van der Waals surface area contributed by atoms with Crippen molar-refractivity contribution in [2.24, 2.45) is 0 Å². The van der Waals surface area contributed by atoms with Crippen molar-refractivity contribution >= 4 is 11.0 Å². The van der Waals surface area contributed by atoms with Crippen molar-refractivity contribution in [3.05, 3.63) is 47.2 Å². The molecule has 116 valence electrons. The van der Waals surface area contributed by atoms with E-state index in [1.807, 2.05) is 13.8 Å². The summed E-state index contributed by atoms with van der Waals surface area (Å²) in [6.45, 7) is 5.75. The first-order valence-electron chi connectivity index (χ1n) is 6.64. The van der Waals surface area contributed by atoms with Crippen LogP contribution in [0.4, 0.5) is 17.6 Å². The lowest BCUT2D eigenvalue weighted by Gasteiger charge is -2.06. The topological polar surface area (TPSA) is 41.6 Å². The molecule has 0 fully saturated rings. The summed E-state index contributed by atoms with van der Waals surface area (Å²) in [6, 6.07) is 2.97. The van der Waals surface area contributed by atoms with Crippen molar-refractivity contribution in [1.29, 1.82) is 0 Å². The largest absolute Gasteiger partial charge is 0.280 e. The van der Waals surface area contributed by atoms with Crippen LogP contribution in [0.1, 0.15) is 19.5 Å². The van der Waals surface area contributed by atoms with Gasteiger partial charge in [0.25, 0.3) is 0 Å². The average molecular weight is 311 g/mol. The van der Waals surface area contributed by atoms with Gasteiger partial charge in [0.05, 0.1) is 11.3 Å². The summed E-state index contributed by atoms with van der Waals surface area (Å²) >= 11 is 0. The van der Waals surface area contributed by atoms with E-state index in [0.717, 1.165) is 5.69 Å². The molecule has 7 heteroatoms. The van der Waals surface area contributed by atoms with Gasteiger partial charge in [-0.1, -0.05) is 13.8 Å². The molecule has 0 saturated carbocycles. The van der Waals surface area contributed by atoms with Crippen molar-refractivity contribution < 1.29 is 17.6 Å². The fraction of sp³-hybridized carbons (Fsp3) is 0.200. The molecule has 0 amide bonds. The quantitative estimate of drug-likeness (QED) is 0.530. The zero-order valence-electron chi connectivity index (χ0n) is 12.1. The number of aryl methyl sites for hydroxylation is 1. The molecule has 2 aromatic heterocycles. The van der Waals surface area contributed by atoms with Crippen LogP contribution in [0.25, 0.3) is 22.3 Å². The molecule has 0 bridgehead atoms. The minimum absolute atomic E-state index is 0.158. The fourth-order valence-electron chi connectivity index (χ4n) is 1.96. The van der Waals surface area contributed by atoms with Gasteiger partial charge in [0, 0.05) is 17.1 Å². The molecule has 1 aromatic carbocycles. The van der Waals surface area contributed by atoms with Gasteiger partial charge in [-0.15, -0.1) is 0 Å². The van der Waals surface area contributed by atoms with E-state index in [4.69, 9.17) is 0 Å². The van der Waals surface area contributed by atoms with Crippen LogP contribution < -0.4 is 0 Å². The van der Waals surface area contributed by atoms with E-state index in [1.165, 1.54) is 12.1 Å². The number of rotatable bonds is 1. The first kappa shape index (κ1) is 15.9. The van der Waals surface area contributed by atoms with E-state index < -0.39 is 28.8 Å². The van der Waals surface area contributed by atoms with Gasteiger partial charge in [0.2, 0.25) is 0 Å². The molecule has 3 rings (SSSR count). The molecule has 1 N–H and O–H groups in total. The van der Waals surface area contributed by atoms with E-state index in [-0.39, 0.29) is 17.4 Å². The summed E-state index contributed by atoms with van der Waals surface area (Å²) in [5.74, 6) is -5.91. The Balaban J connectivity index is 0.000000847. The zero-order chi connectivity index (χ0) is 16.4. The van der Waals surface area contributed by atoms with Crippen LogP contribution in [0, 0.1) is 30.2 Å². The van der Waals surface area contributed by atoms with Crippen molar-refractivity contribution in [2.75, 3.05) is 0 Å². The number of halogens is 4. The van der Waals surface area contributed by atoms with Gasteiger partial charge in [-0.2, -0.15) is 5.10 Å². The van der Waals surface area contributed by atoms with Gasteiger partial charge in [-0.3, -0.25) is 5.10 Å². The van der Waals surface area contributed by atoms with E-state index in [2.05, 4.69) is 15.2 Å². The van der Waals surface area contributed by atoms with Crippen LogP contribution in [0.15, 0.2) is 18.2 Å². The monoisotopic (exact) mass is 311 g/mol. The van der Waals surface area contributed by atoms with Gasteiger partial charge in [0.1, 0.15) is 0 Å². The standard InChI is InChI=1S/C13H7F4N3.C2H6/c1-5-6-2-3-9(18-13(6)20-19-5)10-11(16)7(14)4-8(15)12(10)17;1-2/h2-4H,1H3,(H,18,19,20);1-2H3. The third-order valence-corrected chi connectivity index (χ3v) is 2.98. The van der Waals surface area contributed by atoms with Crippen LogP contribution in [-0.4, -0.2) is 15.2 Å². The van der Waals surface area contributed by atoms with Gasteiger partial charge in [-0.25, -0.2) is 22.5 Å². The summed E-state index contributed by atoms with van der Waals surface area (Å²) in [5.41, 5.74) is -0.128. The number of nitrogens with zero attached hydrogens (tertiary/aromatic N) is 2. The summed E-state index contributed by atoms with van der Waals surface area (Å²) in [7, 11) is 0. The van der Waals surface area contributed by atoms with Crippen LogP contribution in [-0.2, 0) is 0 Å². The molecule has 3 aromatic rings. The highest BCUT2D eigenvalue weighted by atomic mass is 19.2. The lowest BCUT2D eigenvalue weighted by atomic mass is 10.1. The third kappa shape index (κ3) is 2.54. The highest BCUT2D eigenvalue weighted by Crippen LogP contribution is 2.29. The molecule has 0 unspecified atom stereocenters. The molecule has 2 heterocycles. The normalized spacial score (nSPS) is 10.5. The zero-order valence-corrected chi connectivity index (χ0v) is 12.1. The molecule has 0 spiro atoms. The average Bonchev–Trinajstić information content (AvgIpc) is 2.89. The summed E-state index contributed by atoms with van der Waals surface area (Å²) in [6.07, 6.45) is 0. The lowest BCUT2D eigenvalue weighted by Crippen LogP contribution is -2.00. The van der Waals surface area contributed by atoms with Gasteiger partial charge in [-0.05, 0) is 19.1 Å². The van der Waals surface area contributed by atoms with Crippen LogP contribution >= 0.6 is 0 Å². The molecular formula is C15H13F4N3. The maximum Gasteiger partial charge on any atom is 0.181 e. The second-order valence-corrected chi connectivity index (χ2v) is 4.26. The third-order valence-electron chi connectivity index (χ3n) is 2.98. The molecule has 0 saturated heterocycles. The Hall–Kier alpha value is -2.44. The summed E-state index contributed by atoms with van der Waals surface area (Å²) < 4.78 is 53.8. The maximum atomic E-state index is 13.7. The fourth-order valence-corrected chi connectivity index (χ4v) is 1.96. The summed E-state index contributed by atoms with van der Waals surface area (Å²) in [4.78, 5) is 3.91. The van der Waals surface area contributed by atoms with E-state index in [1.54, 1.807) is 6.92 Å². The molecule has 0 aliphatic carbocycles. The van der Waals surface area contributed by atoms with Crippen LogP contribution in [0.5, 0.6) is 0 Å². The predicted octanol–water partition coefficient (Wildman–Crippen LogP) is 4.52. The lowest BCUT2D eigenvalue weighted by molar-refractivity contribution is 0.458. The highest BCUT2D eigenvalue weighted by Gasteiger charge is 2.22. The van der Waals surface area contributed by atoms with E-state index in [0.29, 0.717) is 5.39 Å². The molecular weight excluding hydrogens is 298 g/mol. The number of hydrogen-bond acceptors (Lipinski definition) is 2. The highest BCUT2D eigenvalue weighted by molar-refractivity contribution is 5.80. The Kier molecular flexibility index (Phi) is 4.44. The predicted molar refractivity (Wildman–Crippen MR) is 75.2 cm³/mol. The minimum atomic E-state index is -1.48. The Morgan fingerprint density at radius 3 is 2.14 bits per heavy atom. The second-order valence-electron chi connectivity index (χ2n) is 4.26. The van der Waals surface area contributed by atoms with Crippen molar-refractivity contribution in [3.8, 4) is 11.3 Å². The Labute approximate surface area is 124 Å². The van der Waals surface area contributed by atoms with Gasteiger partial charge >= 0.3 is 0 Å². The number of fused-ring (bicyclic) bond motifs is 1. The smallest absolute Gasteiger partial charge is 0.181 e. The molecule has 0 radical (unpaired) electrons. The molecule has 0 atom stereocenters. The second kappa shape index (κ2) is 6.13. The first-order valence-corrected chi connectivity index (χ1v) is 6.64. The maximum absolute atomic E-state index is 13.7. The Bertz CT molecular complexity index is 801. The number of hydrogen-bond donors (Lipinski definition) is 1. The SMILES string of the molecule is CC.Cc1[nH]nc2nc(-c3c(F)c(F)cc(F)c3F)ccc12. The van der Waals surface area contributed by atoms with Gasteiger partial charge in [0.15, 0.2) is 28.9 Å². The molecule has 0 aliphatic rings. The first-order chi connectivity index (χ1) is 10.5. The molecule has 3 nitrogen and oxygen atoms in total. The number of H-pyrrole nitrogens is 1. The van der Waals surface area contributed by atoms with Crippen molar-refractivity contribution in [3.63, 3.8) is 0 Å². The number of aromatic nitrogens is 3. The number of aromatic amines is 1. The van der Waals surface area contributed by atoms with E-state index >= 15 is 0 Å². The summed E-state index contributed by atoms with van der Waals surface area (Å²) in [5, 5.41) is 7.16. The van der Waals surface area contributed by atoms with Crippen LogP contribution in [0.2, 0.25) is 0 Å². The van der Waals surface area contributed by atoms with Crippen molar-refractivity contribution in [2.45, 2.75) is 20.8 Å². The molecule has 22 heavy (non-hydrogen) atoms. The van der Waals surface area contributed by atoms with Gasteiger partial charge < -0.3 is 0 Å². The van der Waals surface area contributed by atoms with E-state index in [9.17, 15) is 17.6 Å². The van der Waals surface area contributed by atoms with Crippen LogP contribution in [0.3, 0.4) is 0 Å². The molecule has 0 aliphatic heterocycles. The number of pyridine rings is 1.